The molecule has 3 heteroatoms. The molecule has 0 radical (unpaired) electrons. The number of aryl methyl sites for hydroxylation is 1. The van der Waals surface area contributed by atoms with Gasteiger partial charge in [-0.2, -0.15) is 0 Å². The Labute approximate surface area is 102 Å². The zero-order chi connectivity index (χ0) is 12.0. The van der Waals surface area contributed by atoms with Crippen LogP contribution in [0.4, 0.5) is 4.39 Å². The molecule has 0 heterocycles. The van der Waals surface area contributed by atoms with Crippen LogP contribution in [0, 0.1) is 5.82 Å². The average Bonchev–Trinajstić information content (AvgIpc) is 2.23. The Balaban J connectivity index is 2.39. The van der Waals surface area contributed by atoms with Gasteiger partial charge in [-0.15, -0.1) is 0 Å². The van der Waals surface area contributed by atoms with E-state index >= 15 is 0 Å². The van der Waals surface area contributed by atoms with Crippen LogP contribution in [0.15, 0.2) is 18.2 Å². The van der Waals surface area contributed by atoms with Crippen molar-refractivity contribution in [3.63, 3.8) is 0 Å². The standard InChI is InChI=1S/C13H19ClFN/c1-3-16-10(2)5-4-6-11-9-12(15)7-8-13(11)14/h7-10,16H,3-6H2,1-2H3. The number of hydrogen-bond donors (Lipinski definition) is 1. The van der Waals surface area contributed by atoms with Gasteiger partial charge in [0.15, 0.2) is 0 Å². The lowest BCUT2D eigenvalue weighted by Crippen LogP contribution is -2.25. The van der Waals surface area contributed by atoms with Crippen LogP contribution >= 0.6 is 11.6 Å². The molecule has 0 bridgehead atoms. The Morgan fingerprint density at radius 3 is 2.88 bits per heavy atom. The van der Waals surface area contributed by atoms with Crippen molar-refractivity contribution in [1.29, 1.82) is 0 Å². The summed E-state index contributed by atoms with van der Waals surface area (Å²) < 4.78 is 13.0. The van der Waals surface area contributed by atoms with E-state index in [4.69, 9.17) is 11.6 Å². The van der Waals surface area contributed by atoms with Gasteiger partial charge >= 0.3 is 0 Å². The Kier molecular flexibility index (Phi) is 5.78. The van der Waals surface area contributed by atoms with Gasteiger partial charge in [0.2, 0.25) is 0 Å². The summed E-state index contributed by atoms with van der Waals surface area (Å²) in [6.07, 6.45) is 2.95. The number of halogens is 2. The van der Waals surface area contributed by atoms with Crippen molar-refractivity contribution < 1.29 is 4.39 Å². The molecule has 90 valence electrons. The van der Waals surface area contributed by atoms with Gasteiger partial charge in [-0.25, -0.2) is 4.39 Å². The van der Waals surface area contributed by atoms with Crippen LogP contribution in [0.5, 0.6) is 0 Å². The molecule has 0 amide bonds. The Morgan fingerprint density at radius 1 is 1.44 bits per heavy atom. The fraction of sp³-hybridized carbons (Fsp3) is 0.538. The quantitative estimate of drug-likeness (QED) is 0.802. The van der Waals surface area contributed by atoms with Crippen LogP contribution in [-0.2, 0) is 6.42 Å². The van der Waals surface area contributed by atoms with Gasteiger partial charge < -0.3 is 5.32 Å². The highest BCUT2D eigenvalue weighted by molar-refractivity contribution is 6.31. The molecule has 0 fully saturated rings. The first-order valence-corrected chi connectivity index (χ1v) is 6.18. The summed E-state index contributed by atoms with van der Waals surface area (Å²) in [4.78, 5) is 0. The van der Waals surface area contributed by atoms with Gasteiger partial charge in [0, 0.05) is 11.1 Å². The lowest BCUT2D eigenvalue weighted by Gasteiger charge is -2.12. The van der Waals surface area contributed by atoms with Crippen molar-refractivity contribution >= 4 is 11.6 Å². The van der Waals surface area contributed by atoms with Crippen molar-refractivity contribution in [2.24, 2.45) is 0 Å². The number of hydrogen-bond acceptors (Lipinski definition) is 1. The third-order valence-corrected chi connectivity index (χ3v) is 3.01. The van der Waals surface area contributed by atoms with E-state index in [1.54, 1.807) is 6.07 Å². The predicted molar refractivity (Wildman–Crippen MR) is 67.5 cm³/mol. The van der Waals surface area contributed by atoms with E-state index in [-0.39, 0.29) is 5.82 Å². The Bertz CT molecular complexity index is 328. The van der Waals surface area contributed by atoms with Crippen molar-refractivity contribution in [1.82, 2.24) is 5.32 Å². The van der Waals surface area contributed by atoms with Crippen LogP contribution < -0.4 is 5.32 Å². The molecular weight excluding hydrogens is 225 g/mol. The molecule has 0 aromatic heterocycles. The summed E-state index contributed by atoms with van der Waals surface area (Å²) in [6, 6.07) is 5.06. The first-order chi connectivity index (χ1) is 7.63. The fourth-order valence-corrected chi connectivity index (χ4v) is 2.00. The van der Waals surface area contributed by atoms with E-state index < -0.39 is 0 Å². The third kappa shape index (κ3) is 4.50. The highest BCUT2D eigenvalue weighted by Crippen LogP contribution is 2.19. The van der Waals surface area contributed by atoms with Crippen molar-refractivity contribution in [2.45, 2.75) is 39.2 Å². The SMILES string of the molecule is CCNC(C)CCCc1cc(F)ccc1Cl. The summed E-state index contributed by atoms with van der Waals surface area (Å²) in [5, 5.41) is 4.02. The van der Waals surface area contributed by atoms with Gasteiger partial charge in [-0.05, 0) is 56.5 Å². The van der Waals surface area contributed by atoms with Crippen LogP contribution in [0.25, 0.3) is 0 Å². The van der Waals surface area contributed by atoms with E-state index in [2.05, 4.69) is 19.2 Å². The van der Waals surface area contributed by atoms with Gasteiger partial charge in [0.05, 0.1) is 0 Å². The number of rotatable bonds is 6. The van der Waals surface area contributed by atoms with Gasteiger partial charge in [0.1, 0.15) is 5.82 Å². The Morgan fingerprint density at radius 2 is 2.19 bits per heavy atom. The van der Waals surface area contributed by atoms with Crippen molar-refractivity contribution in [3.05, 3.63) is 34.6 Å². The summed E-state index contributed by atoms with van der Waals surface area (Å²) in [5.41, 5.74) is 0.908. The lowest BCUT2D eigenvalue weighted by atomic mass is 10.1. The third-order valence-electron chi connectivity index (χ3n) is 2.64. The number of benzene rings is 1. The maximum Gasteiger partial charge on any atom is 0.123 e. The maximum atomic E-state index is 13.0. The molecule has 1 atom stereocenters. The molecule has 16 heavy (non-hydrogen) atoms. The summed E-state index contributed by atoms with van der Waals surface area (Å²) in [7, 11) is 0. The normalized spacial score (nSPS) is 12.8. The van der Waals surface area contributed by atoms with Crippen molar-refractivity contribution in [3.8, 4) is 0 Å². The molecule has 0 aliphatic rings. The second-order valence-electron chi connectivity index (χ2n) is 4.09. The van der Waals surface area contributed by atoms with Crippen LogP contribution in [0.1, 0.15) is 32.3 Å². The smallest absolute Gasteiger partial charge is 0.123 e. The topological polar surface area (TPSA) is 12.0 Å². The van der Waals surface area contributed by atoms with Gasteiger partial charge in [0.25, 0.3) is 0 Å². The second kappa shape index (κ2) is 6.87. The zero-order valence-corrected chi connectivity index (χ0v) is 10.6. The van der Waals surface area contributed by atoms with E-state index in [9.17, 15) is 4.39 Å². The van der Waals surface area contributed by atoms with E-state index in [1.807, 2.05) is 0 Å². The van der Waals surface area contributed by atoms with Gasteiger partial charge in [-0.1, -0.05) is 18.5 Å². The van der Waals surface area contributed by atoms with E-state index in [0.29, 0.717) is 11.1 Å². The minimum absolute atomic E-state index is 0.209. The summed E-state index contributed by atoms with van der Waals surface area (Å²) in [6.45, 7) is 5.25. The van der Waals surface area contributed by atoms with E-state index in [0.717, 1.165) is 31.4 Å². The molecule has 0 saturated heterocycles. The first-order valence-electron chi connectivity index (χ1n) is 5.80. The fourth-order valence-electron chi connectivity index (χ4n) is 1.78. The van der Waals surface area contributed by atoms with E-state index in [1.165, 1.54) is 12.1 Å². The average molecular weight is 244 g/mol. The van der Waals surface area contributed by atoms with Crippen molar-refractivity contribution in [2.75, 3.05) is 6.54 Å². The molecule has 1 rings (SSSR count). The molecule has 1 unspecified atom stereocenters. The molecule has 1 N–H and O–H groups in total. The molecule has 0 spiro atoms. The molecule has 1 nitrogen and oxygen atoms in total. The molecule has 0 aliphatic carbocycles. The van der Waals surface area contributed by atoms with Crippen LogP contribution in [0.2, 0.25) is 5.02 Å². The number of nitrogens with one attached hydrogen (secondary N) is 1. The lowest BCUT2D eigenvalue weighted by molar-refractivity contribution is 0.512. The molecule has 1 aromatic rings. The van der Waals surface area contributed by atoms with Gasteiger partial charge in [-0.3, -0.25) is 0 Å². The van der Waals surface area contributed by atoms with Crippen LogP contribution in [0.3, 0.4) is 0 Å². The monoisotopic (exact) mass is 243 g/mol. The van der Waals surface area contributed by atoms with Crippen LogP contribution in [-0.4, -0.2) is 12.6 Å². The highest BCUT2D eigenvalue weighted by Gasteiger charge is 2.04. The molecule has 0 aliphatic heterocycles. The maximum absolute atomic E-state index is 13.0. The minimum Gasteiger partial charge on any atom is -0.315 e. The zero-order valence-electron chi connectivity index (χ0n) is 9.89. The predicted octanol–water partition coefficient (Wildman–Crippen LogP) is 3.80. The summed E-state index contributed by atoms with van der Waals surface area (Å²) >= 11 is 5.99. The largest absolute Gasteiger partial charge is 0.315 e. The first kappa shape index (κ1) is 13.5. The minimum atomic E-state index is -0.209. The Hall–Kier alpha value is -0.600. The summed E-state index contributed by atoms with van der Waals surface area (Å²) in [5.74, 6) is -0.209. The highest BCUT2D eigenvalue weighted by atomic mass is 35.5. The molecule has 1 aromatic carbocycles. The molecule has 0 saturated carbocycles. The molecular formula is C13H19ClFN. The second-order valence-corrected chi connectivity index (χ2v) is 4.49.